The molecule has 0 heterocycles. The fraction of sp³-hybridized carbons (Fsp3) is 0.818. The molecule has 0 saturated carbocycles. The molecule has 1 rings (SSSR count). The predicted octanol–water partition coefficient (Wildman–Crippen LogP) is 2.42. The van der Waals surface area contributed by atoms with Crippen LogP contribution in [0.3, 0.4) is 0 Å². The molecule has 0 bridgehead atoms. The molecule has 0 aliphatic heterocycles. The van der Waals surface area contributed by atoms with E-state index in [2.05, 4.69) is 31.9 Å². The molecule has 0 spiro atoms. The molecule has 1 aliphatic carbocycles. The summed E-state index contributed by atoms with van der Waals surface area (Å²) >= 11 is 6.49. The van der Waals surface area contributed by atoms with Gasteiger partial charge in [-0.15, -0.1) is 0 Å². The third-order valence-electron chi connectivity index (χ3n) is 2.54. The van der Waals surface area contributed by atoms with Crippen LogP contribution in [0.1, 0.15) is 38.5 Å². The summed E-state index contributed by atoms with van der Waals surface area (Å²) in [6, 6.07) is 0. The molecule has 0 aromatic heterocycles. The van der Waals surface area contributed by atoms with Gasteiger partial charge in [-0.2, -0.15) is 0 Å². The standard InChI is InChI=1S/C6H11BO2.C5H10Br2O/c8-7(9)6-4-2-1-3-5-6;6-3-1-5(8)2-4-7/h4,8-9H,1-3,5H2;5,8H,1-4H2. The molecule has 1 aliphatic rings. The lowest BCUT2D eigenvalue weighted by Crippen LogP contribution is -2.16. The van der Waals surface area contributed by atoms with Crippen molar-refractivity contribution >= 4 is 39.0 Å². The quantitative estimate of drug-likeness (QED) is 0.514. The first-order valence-corrected chi connectivity index (χ1v) is 8.21. The molecule has 3 N–H and O–H groups in total. The zero-order valence-electron chi connectivity index (χ0n) is 9.99. The van der Waals surface area contributed by atoms with Crippen LogP contribution in [-0.2, 0) is 0 Å². The molecular weight excluding hydrogens is 351 g/mol. The molecule has 100 valence electrons. The summed E-state index contributed by atoms with van der Waals surface area (Å²) < 4.78 is 0. The van der Waals surface area contributed by atoms with Gasteiger partial charge in [-0.1, -0.05) is 37.9 Å². The Bertz CT molecular complexity index is 207. The van der Waals surface area contributed by atoms with Gasteiger partial charge < -0.3 is 15.2 Å². The molecule has 0 unspecified atom stereocenters. The minimum absolute atomic E-state index is 0.131. The van der Waals surface area contributed by atoms with Gasteiger partial charge in [0.1, 0.15) is 0 Å². The van der Waals surface area contributed by atoms with Crippen LogP contribution >= 0.6 is 31.9 Å². The van der Waals surface area contributed by atoms with Crippen LogP contribution < -0.4 is 0 Å². The van der Waals surface area contributed by atoms with Crippen LogP contribution in [-0.4, -0.2) is 39.0 Å². The maximum Gasteiger partial charge on any atom is 0.483 e. The zero-order chi connectivity index (χ0) is 13.1. The highest BCUT2D eigenvalue weighted by Crippen LogP contribution is 2.17. The zero-order valence-corrected chi connectivity index (χ0v) is 13.2. The molecule has 0 amide bonds. The first kappa shape index (κ1) is 17.6. The van der Waals surface area contributed by atoms with Crippen molar-refractivity contribution in [2.24, 2.45) is 0 Å². The number of hydrogen-bond donors (Lipinski definition) is 3. The summed E-state index contributed by atoms with van der Waals surface area (Å²) in [5, 5.41) is 28.1. The van der Waals surface area contributed by atoms with E-state index in [-0.39, 0.29) is 6.10 Å². The van der Waals surface area contributed by atoms with Gasteiger partial charge >= 0.3 is 7.12 Å². The van der Waals surface area contributed by atoms with Gasteiger partial charge in [-0.3, -0.25) is 0 Å². The molecule has 0 fully saturated rings. The molecule has 17 heavy (non-hydrogen) atoms. The molecule has 0 aromatic rings. The highest BCUT2D eigenvalue weighted by atomic mass is 79.9. The second-order valence-electron chi connectivity index (χ2n) is 4.01. The molecule has 6 heteroatoms. The van der Waals surface area contributed by atoms with Crippen LogP contribution in [0, 0.1) is 0 Å². The Hall–Kier alpha value is 0.645. The van der Waals surface area contributed by atoms with E-state index in [9.17, 15) is 0 Å². The third-order valence-corrected chi connectivity index (χ3v) is 3.46. The topological polar surface area (TPSA) is 60.7 Å². The van der Waals surface area contributed by atoms with Crippen LogP contribution in [0.4, 0.5) is 0 Å². The summed E-state index contributed by atoms with van der Waals surface area (Å²) in [6.45, 7) is 0. The van der Waals surface area contributed by atoms with E-state index in [4.69, 9.17) is 15.2 Å². The number of aliphatic hydroxyl groups is 1. The Labute approximate surface area is 121 Å². The average Bonchev–Trinajstić information content (AvgIpc) is 2.32. The van der Waals surface area contributed by atoms with Crippen molar-refractivity contribution in [2.75, 3.05) is 10.7 Å². The van der Waals surface area contributed by atoms with E-state index in [1.807, 2.05) is 6.08 Å². The lowest BCUT2D eigenvalue weighted by Gasteiger charge is -2.10. The summed E-state index contributed by atoms with van der Waals surface area (Å²) in [5.74, 6) is 0. The van der Waals surface area contributed by atoms with E-state index in [1.165, 1.54) is 6.42 Å². The first-order valence-electron chi connectivity index (χ1n) is 5.96. The third kappa shape index (κ3) is 10.3. The highest BCUT2D eigenvalue weighted by molar-refractivity contribution is 9.09. The van der Waals surface area contributed by atoms with Gasteiger partial charge in [0.15, 0.2) is 0 Å². The van der Waals surface area contributed by atoms with Crippen molar-refractivity contribution in [1.29, 1.82) is 0 Å². The predicted molar refractivity (Wildman–Crippen MR) is 79.6 cm³/mol. The summed E-state index contributed by atoms with van der Waals surface area (Å²) in [5.41, 5.74) is 0.793. The maximum atomic E-state index is 8.99. The Morgan fingerprint density at radius 3 is 2.06 bits per heavy atom. The average molecular weight is 372 g/mol. The molecule has 0 atom stereocenters. The first-order chi connectivity index (χ1) is 8.11. The lowest BCUT2D eigenvalue weighted by molar-refractivity contribution is 0.169. The minimum atomic E-state index is -1.20. The van der Waals surface area contributed by atoms with Crippen LogP contribution in [0.25, 0.3) is 0 Å². The van der Waals surface area contributed by atoms with Gasteiger partial charge in [0.25, 0.3) is 0 Å². The fourth-order valence-corrected chi connectivity index (χ4v) is 2.55. The van der Waals surface area contributed by atoms with Crippen LogP contribution in [0.15, 0.2) is 11.5 Å². The van der Waals surface area contributed by atoms with E-state index in [1.54, 1.807) is 0 Å². The van der Waals surface area contributed by atoms with Crippen LogP contribution in [0.5, 0.6) is 0 Å². The van der Waals surface area contributed by atoms with Crippen molar-refractivity contribution in [2.45, 2.75) is 44.6 Å². The van der Waals surface area contributed by atoms with Crippen LogP contribution in [0.2, 0.25) is 0 Å². The van der Waals surface area contributed by atoms with E-state index < -0.39 is 7.12 Å². The number of halogens is 2. The number of alkyl halides is 2. The Morgan fingerprint density at radius 1 is 1.18 bits per heavy atom. The van der Waals surface area contributed by atoms with Crippen molar-refractivity contribution in [3.05, 3.63) is 11.5 Å². The Balaban J connectivity index is 0.000000304. The Kier molecular flexibility index (Phi) is 12.2. The largest absolute Gasteiger partial charge is 0.483 e. The van der Waals surface area contributed by atoms with Gasteiger partial charge in [-0.25, -0.2) is 0 Å². The summed E-state index contributed by atoms with van der Waals surface area (Å²) in [7, 11) is -1.20. The Morgan fingerprint density at radius 2 is 1.76 bits per heavy atom. The second kappa shape index (κ2) is 11.7. The summed E-state index contributed by atoms with van der Waals surface area (Å²) in [4.78, 5) is 0. The number of rotatable bonds is 5. The van der Waals surface area contributed by atoms with Gasteiger partial charge in [-0.05, 0) is 44.0 Å². The minimum Gasteiger partial charge on any atom is -0.423 e. The van der Waals surface area contributed by atoms with E-state index >= 15 is 0 Å². The maximum absolute atomic E-state index is 8.99. The van der Waals surface area contributed by atoms with Crippen molar-refractivity contribution in [3.63, 3.8) is 0 Å². The molecule has 3 nitrogen and oxygen atoms in total. The lowest BCUT2D eigenvalue weighted by atomic mass is 9.74. The van der Waals surface area contributed by atoms with Crippen molar-refractivity contribution < 1.29 is 15.2 Å². The molecular formula is C11H21BBr2O3. The number of aliphatic hydroxyl groups excluding tert-OH is 1. The summed E-state index contributed by atoms with van der Waals surface area (Å²) in [6.07, 6.45) is 7.66. The SMILES string of the molecule is OB(O)C1=CCCCC1.OC(CCBr)CCBr. The molecule has 0 aromatic carbocycles. The molecule has 0 saturated heterocycles. The van der Waals surface area contributed by atoms with Gasteiger partial charge in [0.2, 0.25) is 0 Å². The smallest absolute Gasteiger partial charge is 0.423 e. The van der Waals surface area contributed by atoms with E-state index in [0.717, 1.165) is 48.2 Å². The van der Waals surface area contributed by atoms with E-state index in [0.29, 0.717) is 0 Å². The fourth-order valence-electron chi connectivity index (χ4n) is 1.49. The second-order valence-corrected chi connectivity index (χ2v) is 5.59. The van der Waals surface area contributed by atoms with Crippen molar-refractivity contribution in [3.8, 4) is 0 Å². The monoisotopic (exact) mass is 370 g/mol. The normalized spacial score (nSPS) is 15.1. The van der Waals surface area contributed by atoms with Crippen molar-refractivity contribution in [1.82, 2.24) is 0 Å². The number of allylic oxidation sites excluding steroid dienone is 2. The number of hydrogen-bond acceptors (Lipinski definition) is 3. The molecule has 0 radical (unpaired) electrons. The van der Waals surface area contributed by atoms with Gasteiger partial charge in [0.05, 0.1) is 6.10 Å². The highest BCUT2D eigenvalue weighted by Gasteiger charge is 2.15. The van der Waals surface area contributed by atoms with Gasteiger partial charge in [0, 0.05) is 10.7 Å².